The van der Waals surface area contributed by atoms with Gasteiger partial charge < -0.3 is 10.1 Å². The molecular weight excluding hydrogens is 238 g/mol. The largest absolute Gasteiger partial charge is 0.496 e. The summed E-state index contributed by atoms with van der Waals surface area (Å²) in [5, 5.41) is 3.08. The monoisotopic (exact) mass is 257 g/mol. The molecular formula is C15H19N3O. The van der Waals surface area contributed by atoms with E-state index in [1.165, 1.54) is 5.56 Å². The van der Waals surface area contributed by atoms with E-state index in [4.69, 9.17) is 4.74 Å². The van der Waals surface area contributed by atoms with E-state index in [1.807, 2.05) is 31.5 Å². The summed E-state index contributed by atoms with van der Waals surface area (Å²) >= 11 is 0. The summed E-state index contributed by atoms with van der Waals surface area (Å²) in [4.78, 5) is 8.58. The Hall–Kier alpha value is -2.10. The van der Waals surface area contributed by atoms with Gasteiger partial charge in [-0.15, -0.1) is 0 Å². The van der Waals surface area contributed by atoms with Gasteiger partial charge in [-0.2, -0.15) is 0 Å². The van der Waals surface area contributed by atoms with Gasteiger partial charge in [-0.25, -0.2) is 9.97 Å². The van der Waals surface area contributed by atoms with Crippen LogP contribution in [0.25, 0.3) is 11.1 Å². The minimum Gasteiger partial charge on any atom is -0.496 e. The molecule has 0 amide bonds. The molecule has 1 aromatic heterocycles. The van der Waals surface area contributed by atoms with E-state index in [2.05, 4.69) is 28.3 Å². The third-order valence-electron chi connectivity index (χ3n) is 2.98. The number of aryl methyl sites for hydroxylation is 1. The van der Waals surface area contributed by atoms with Gasteiger partial charge in [0.15, 0.2) is 0 Å². The Morgan fingerprint density at radius 1 is 1.11 bits per heavy atom. The van der Waals surface area contributed by atoms with Crippen molar-refractivity contribution in [3.05, 3.63) is 36.2 Å². The summed E-state index contributed by atoms with van der Waals surface area (Å²) in [5.41, 5.74) is 3.32. The van der Waals surface area contributed by atoms with Crippen molar-refractivity contribution in [2.45, 2.75) is 20.3 Å². The third kappa shape index (κ3) is 3.02. The molecule has 19 heavy (non-hydrogen) atoms. The number of aromatic nitrogens is 2. The first-order valence-electron chi connectivity index (χ1n) is 6.51. The average Bonchev–Trinajstić information content (AvgIpc) is 2.47. The van der Waals surface area contributed by atoms with Crippen molar-refractivity contribution in [2.24, 2.45) is 0 Å². The highest BCUT2D eigenvalue weighted by atomic mass is 16.5. The summed E-state index contributed by atoms with van der Waals surface area (Å²) < 4.78 is 5.34. The van der Waals surface area contributed by atoms with Gasteiger partial charge in [-0.05, 0) is 36.6 Å². The number of benzene rings is 1. The molecule has 2 rings (SSSR count). The smallest absolute Gasteiger partial charge is 0.222 e. The van der Waals surface area contributed by atoms with Crippen LogP contribution in [0.2, 0.25) is 0 Å². The van der Waals surface area contributed by atoms with Crippen LogP contribution in [0.1, 0.15) is 19.4 Å². The molecule has 0 aliphatic carbocycles. The van der Waals surface area contributed by atoms with Crippen LogP contribution >= 0.6 is 0 Å². The SMILES string of the molecule is CCNc1ncc(-c2ccc(OC)c(CC)c2)cn1. The summed E-state index contributed by atoms with van der Waals surface area (Å²) in [7, 11) is 1.70. The van der Waals surface area contributed by atoms with Crippen molar-refractivity contribution >= 4 is 5.95 Å². The van der Waals surface area contributed by atoms with Gasteiger partial charge in [0, 0.05) is 24.5 Å². The Bertz CT molecular complexity index is 538. The lowest BCUT2D eigenvalue weighted by Crippen LogP contribution is -2.01. The molecule has 4 nitrogen and oxygen atoms in total. The normalized spacial score (nSPS) is 10.3. The number of nitrogens with one attached hydrogen (secondary N) is 1. The van der Waals surface area contributed by atoms with Crippen molar-refractivity contribution in [3.63, 3.8) is 0 Å². The minimum atomic E-state index is 0.662. The number of rotatable bonds is 5. The Morgan fingerprint density at radius 3 is 2.42 bits per heavy atom. The fourth-order valence-electron chi connectivity index (χ4n) is 1.96. The molecule has 100 valence electrons. The zero-order valence-corrected chi connectivity index (χ0v) is 11.6. The average molecular weight is 257 g/mol. The van der Waals surface area contributed by atoms with Crippen molar-refractivity contribution in [1.29, 1.82) is 0 Å². The molecule has 0 aliphatic rings. The molecule has 0 atom stereocenters. The molecule has 2 aromatic rings. The lowest BCUT2D eigenvalue weighted by Gasteiger charge is -2.09. The number of hydrogen-bond donors (Lipinski definition) is 1. The van der Waals surface area contributed by atoms with Gasteiger partial charge in [0.25, 0.3) is 0 Å². The number of nitrogens with zero attached hydrogens (tertiary/aromatic N) is 2. The summed E-state index contributed by atoms with van der Waals surface area (Å²) in [6, 6.07) is 6.15. The van der Waals surface area contributed by atoms with Crippen molar-refractivity contribution in [1.82, 2.24) is 9.97 Å². The highest BCUT2D eigenvalue weighted by molar-refractivity contribution is 5.64. The molecule has 0 spiro atoms. The van der Waals surface area contributed by atoms with Crippen LogP contribution in [0.5, 0.6) is 5.75 Å². The standard InChI is InChI=1S/C15H19N3O/c1-4-11-8-12(6-7-14(11)19-3)13-9-17-15(16-5-2)18-10-13/h6-10H,4-5H2,1-3H3,(H,16,17,18). The summed E-state index contributed by atoms with van der Waals surface area (Å²) in [6.07, 6.45) is 4.62. The quantitative estimate of drug-likeness (QED) is 0.893. The molecule has 0 saturated carbocycles. The topological polar surface area (TPSA) is 47.0 Å². The molecule has 1 heterocycles. The van der Waals surface area contributed by atoms with Crippen LogP contribution in [0, 0.1) is 0 Å². The fourth-order valence-corrected chi connectivity index (χ4v) is 1.96. The van der Waals surface area contributed by atoms with Crippen LogP contribution in [-0.2, 0) is 6.42 Å². The van der Waals surface area contributed by atoms with Gasteiger partial charge >= 0.3 is 0 Å². The predicted molar refractivity (Wildman–Crippen MR) is 77.6 cm³/mol. The van der Waals surface area contributed by atoms with E-state index >= 15 is 0 Å². The Labute approximate surface area is 113 Å². The second-order valence-corrected chi connectivity index (χ2v) is 4.21. The molecule has 0 saturated heterocycles. The molecule has 0 unspecified atom stereocenters. The van der Waals surface area contributed by atoms with Gasteiger partial charge in [0.05, 0.1) is 7.11 Å². The highest BCUT2D eigenvalue weighted by Crippen LogP contribution is 2.26. The predicted octanol–water partition coefficient (Wildman–Crippen LogP) is 3.15. The van der Waals surface area contributed by atoms with Gasteiger partial charge in [-0.1, -0.05) is 13.0 Å². The van der Waals surface area contributed by atoms with Crippen LogP contribution in [-0.4, -0.2) is 23.6 Å². The Morgan fingerprint density at radius 2 is 1.84 bits per heavy atom. The molecule has 1 aromatic carbocycles. The molecule has 0 radical (unpaired) electrons. The van der Waals surface area contributed by atoms with Crippen LogP contribution in [0.15, 0.2) is 30.6 Å². The third-order valence-corrected chi connectivity index (χ3v) is 2.98. The fraction of sp³-hybridized carbons (Fsp3) is 0.333. The molecule has 0 fully saturated rings. The first-order chi connectivity index (χ1) is 9.28. The molecule has 0 bridgehead atoms. The van der Waals surface area contributed by atoms with E-state index in [0.29, 0.717) is 5.95 Å². The van der Waals surface area contributed by atoms with E-state index in [-0.39, 0.29) is 0 Å². The van der Waals surface area contributed by atoms with Crippen LogP contribution < -0.4 is 10.1 Å². The first-order valence-corrected chi connectivity index (χ1v) is 6.51. The van der Waals surface area contributed by atoms with Crippen molar-refractivity contribution in [2.75, 3.05) is 19.0 Å². The number of hydrogen-bond acceptors (Lipinski definition) is 4. The number of ether oxygens (including phenoxy) is 1. The number of anilines is 1. The van der Waals surface area contributed by atoms with E-state index in [9.17, 15) is 0 Å². The van der Waals surface area contributed by atoms with E-state index in [0.717, 1.165) is 29.8 Å². The first kappa shape index (κ1) is 13.3. The van der Waals surface area contributed by atoms with Gasteiger partial charge in [0.2, 0.25) is 5.95 Å². The van der Waals surface area contributed by atoms with Crippen LogP contribution in [0.4, 0.5) is 5.95 Å². The molecule has 1 N–H and O–H groups in total. The van der Waals surface area contributed by atoms with Crippen molar-refractivity contribution in [3.8, 4) is 16.9 Å². The number of methoxy groups -OCH3 is 1. The summed E-state index contributed by atoms with van der Waals surface area (Å²) in [5.74, 6) is 1.59. The van der Waals surface area contributed by atoms with Gasteiger partial charge in [-0.3, -0.25) is 0 Å². The molecule has 0 aliphatic heterocycles. The lowest BCUT2D eigenvalue weighted by molar-refractivity contribution is 0.410. The highest BCUT2D eigenvalue weighted by Gasteiger charge is 2.05. The maximum absolute atomic E-state index is 5.34. The van der Waals surface area contributed by atoms with E-state index < -0.39 is 0 Å². The van der Waals surface area contributed by atoms with Crippen LogP contribution in [0.3, 0.4) is 0 Å². The second-order valence-electron chi connectivity index (χ2n) is 4.21. The Balaban J connectivity index is 2.30. The van der Waals surface area contributed by atoms with E-state index in [1.54, 1.807) is 7.11 Å². The minimum absolute atomic E-state index is 0.662. The molecule has 4 heteroatoms. The lowest BCUT2D eigenvalue weighted by atomic mass is 10.0. The Kier molecular flexibility index (Phi) is 4.34. The zero-order chi connectivity index (χ0) is 13.7. The summed E-state index contributed by atoms with van der Waals surface area (Å²) in [6.45, 7) is 4.96. The zero-order valence-electron chi connectivity index (χ0n) is 11.6. The van der Waals surface area contributed by atoms with Crippen molar-refractivity contribution < 1.29 is 4.74 Å². The second kappa shape index (κ2) is 6.18. The van der Waals surface area contributed by atoms with Gasteiger partial charge in [0.1, 0.15) is 5.75 Å². The maximum atomic E-state index is 5.34. The maximum Gasteiger partial charge on any atom is 0.222 e.